The highest BCUT2D eigenvalue weighted by Crippen LogP contribution is 2.20. The topological polar surface area (TPSA) is 74.1 Å². The zero-order valence-corrected chi connectivity index (χ0v) is 16.3. The highest BCUT2D eigenvalue weighted by Gasteiger charge is 2.27. The molecule has 29 heavy (non-hydrogen) atoms. The lowest BCUT2D eigenvalue weighted by Crippen LogP contribution is -2.33. The SMILES string of the molecule is CN(C)c1ccc(N=NC(C(=O)Nc2ccccc2)C(=O)c2ccccc2)cc1. The van der Waals surface area contributed by atoms with E-state index in [2.05, 4.69) is 15.5 Å². The highest BCUT2D eigenvalue weighted by atomic mass is 16.2. The number of benzene rings is 3. The molecule has 0 radical (unpaired) electrons. The van der Waals surface area contributed by atoms with Crippen molar-refractivity contribution in [3.63, 3.8) is 0 Å². The second kappa shape index (κ2) is 9.41. The van der Waals surface area contributed by atoms with E-state index < -0.39 is 17.7 Å². The zero-order chi connectivity index (χ0) is 20.6. The Morgan fingerprint density at radius 1 is 0.828 bits per heavy atom. The van der Waals surface area contributed by atoms with Gasteiger partial charge >= 0.3 is 0 Å². The third kappa shape index (κ3) is 5.35. The molecule has 0 saturated carbocycles. The molecule has 0 spiro atoms. The van der Waals surface area contributed by atoms with E-state index >= 15 is 0 Å². The van der Waals surface area contributed by atoms with Crippen molar-refractivity contribution in [1.29, 1.82) is 0 Å². The Morgan fingerprint density at radius 3 is 2.00 bits per heavy atom. The van der Waals surface area contributed by atoms with Gasteiger partial charge < -0.3 is 10.2 Å². The molecule has 0 aliphatic carbocycles. The van der Waals surface area contributed by atoms with Crippen LogP contribution in [0.15, 0.2) is 95.2 Å². The summed E-state index contributed by atoms with van der Waals surface area (Å²) in [6.07, 6.45) is 0. The Morgan fingerprint density at radius 2 is 1.41 bits per heavy atom. The maximum atomic E-state index is 12.9. The van der Waals surface area contributed by atoms with E-state index in [9.17, 15) is 9.59 Å². The molecule has 0 aromatic heterocycles. The van der Waals surface area contributed by atoms with E-state index in [1.165, 1.54) is 0 Å². The Hall–Kier alpha value is -3.80. The van der Waals surface area contributed by atoms with Crippen LogP contribution in [-0.2, 0) is 4.79 Å². The maximum Gasteiger partial charge on any atom is 0.259 e. The van der Waals surface area contributed by atoms with E-state index in [0.29, 0.717) is 16.9 Å². The minimum Gasteiger partial charge on any atom is -0.378 e. The van der Waals surface area contributed by atoms with E-state index in [1.807, 2.05) is 43.3 Å². The second-order valence-electron chi connectivity index (χ2n) is 6.61. The molecule has 0 aliphatic heterocycles. The largest absolute Gasteiger partial charge is 0.378 e. The van der Waals surface area contributed by atoms with E-state index in [-0.39, 0.29) is 0 Å². The molecule has 0 heterocycles. The normalized spacial score (nSPS) is 11.8. The molecule has 0 aliphatic rings. The first-order valence-corrected chi connectivity index (χ1v) is 9.18. The van der Waals surface area contributed by atoms with Crippen LogP contribution >= 0.6 is 0 Å². The number of hydrogen-bond donors (Lipinski definition) is 1. The fourth-order valence-electron chi connectivity index (χ4n) is 2.66. The van der Waals surface area contributed by atoms with E-state index in [1.54, 1.807) is 60.7 Å². The molecule has 6 nitrogen and oxygen atoms in total. The number of hydrogen-bond acceptors (Lipinski definition) is 5. The molecule has 146 valence electrons. The third-order valence-corrected chi connectivity index (χ3v) is 4.25. The van der Waals surface area contributed by atoms with Gasteiger partial charge in [-0.2, -0.15) is 10.2 Å². The van der Waals surface area contributed by atoms with Gasteiger partial charge in [0.1, 0.15) is 0 Å². The molecule has 3 rings (SSSR count). The number of rotatable bonds is 7. The maximum absolute atomic E-state index is 12.9. The molecule has 1 amide bonds. The van der Waals surface area contributed by atoms with Crippen molar-refractivity contribution in [1.82, 2.24) is 0 Å². The summed E-state index contributed by atoms with van der Waals surface area (Å²) in [6, 6.07) is 23.7. The predicted molar refractivity (Wildman–Crippen MR) is 115 cm³/mol. The predicted octanol–water partition coefficient (Wildman–Crippen LogP) is 4.73. The standard InChI is InChI=1S/C23H22N4O2/c1-27(2)20-15-13-19(14-16-20)25-26-21(22(28)17-9-5-3-6-10-17)23(29)24-18-11-7-4-8-12-18/h3-16,21H,1-2H3,(H,24,29). The monoisotopic (exact) mass is 386 g/mol. The third-order valence-electron chi connectivity index (χ3n) is 4.25. The number of Topliss-reactive ketones (excluding diaryl/α,β-unsaturated/α-hetero) is 1. The van der Waals surface area contributed by atoms with Crippen LogP contribution in [0.5, 0.6) is 0 Å². The number of nitrogens with zero attached hydrogens (tertiary/aromatic N) is 3. The fourth-order valence-corrected chi connectivity index (χ4v) is 2.66. The van der Waals surface area contributed by atoms with Crippen LogP contribution in [0, 0.1) is 0 Å². The van der Waals surface area contributed by atoms with Crippen LogP contribution in [0.3, 0.4) is 0 Å². The van der Waals surface area contributed by atoms with Crippen molar-refractivity contribution in [2.45, 2.75) is 6.04 Å². The smallest absolute Gasteiger partial charge is 0.259 e. The van der Waals surface area contributed by atoms with Crippen LogP contribution in [0.1, 0.15) is 10.4 Å². The Bertz CT molecular complexity index is 984. The molecule has 6 heteroatoms. The molecule has 0 bridgehead atoms. The van der Waals surface area contributed by atoms with Gasteiger partial charge in [-0.25, -0.2) is 0 Å². The average molecular weight is 386 g/mol. The lowest BCUT2D eigenvalue weighted by Gasteiger charge is -2.12. The van der Waals surface area contributed by atoms with Crippen molar-refractivity contribution >= 4 is 28.8 Å². The molecular weight excluding hydrogens is 364 g/mol. The second-order valence-corrected chi connectivity index (χ2v) is 6.61. The van der Waals surface area contributed by atoms with Gasteiger partial charge in [-0.1, -0.05) is 48.5 Å². The summed E-state index contributed by atoms with van der Waals surface area (Å²) in [6.45, 7) is 0. The summed E-state index contributed by atoms with van der Waals surface area (Å²) < 4.78 is 0. The molecule has 0 fully saturated rings. The number of anilines is 2. The number of nitrogens with one attached hydrogen (secondary N) is 1. The van der Waals surface area contributed by atoms with Crippen LogP contribution in [0.4, 0.5) is 17.1 Å². The van der Waals surface area contributed by atoms with Gasteiger partial charge in [-0.15, -0.1) is 0 Å². The summed E-state index contributed by atoms with van der Waals surface area (Å²) in [5, 5.41) is 11.0. The Kier molecular flexibility index (Phi) is 6.47. The first kappa shape index (κ1) is 19.9. The first-order chi connectivity index (χ1) is 14.0. The summed E-state index contributed by atoms with van der Waals surface area (Å²) in [4.78, 5) is 27.7. The molecule has 1 unspecified atom stereocenters. The van der Waals surface area contributed by atoms with E-state index in [4.69, 9.17) is 0 Å². The summed E-state index contributed by atoms with van der Waals surface area (Å²) >= 11 is 0. The van der Waals surface area contributed by atoms with Gasteiger partial charge in [0, 0.05) is 31.0 Å². The van der Waals surface area contributed by atoms with Crippen LogP contribution in [0.2, 0.25) is 0 Å². The zero-order valence-electron chi connectivity index (χ0n) is 16.3. The van der Waals surface area contributed by atoms with Crippen LogP contribution < -0.4 is 10.2 Å². The van der Waals surface area contributed by atoms with Gasteiger partial charge in [0.05, 0.1) is 5.69 Å². The molecule has 0 saturated heterocycles. The first-order valence-electron chi connectivity index (χ1n) is 9.18. The Labute approximate surface area is 169 Å². The van der Waals surface area contributed by atoms with Gasteiger partial charge in [0.25, 0.3) is 5.91 Å². The van der Waals surface area contributed by atoms with Crippen molar-refractivity contribution in [3.05, 3.63) is 90.5 Å². The fraction of sp³-hybridized carbons (Fsp3) is 0.130. The number of azo groups is 1. The van der Waals surface area contributed by atoms with Crippen LogP contribution in [0.25, 0.3) is 0 Å². The quantitative estimate of drug-likeness (QED) is 0.362. The van der Waals surface area contributed by atoms with Crippen molar-refractivity contribution in [3.8, 4) is 0 Å². The number of amides is 1. The molecule has 1 N–H and O–H groups in total. The lowest BCUT2D eigenvalue weighted by atomic mass is 10.0. The van der Waals surface area contributed by atoms with Crippen molar-refractivity contribution in [2.75, 3.05) is 24.3 Å². The molecular formula is C23H22N4O2. The van der Waals surface area contributed by atoms with Gasteiger partial charge in [0.15, 0.2) is 5.78 Å². The molecule has 3 aromatic carbocycles. The minimum atomic E-state index is -1.29. The summed E-state index contributed by atoms with van der Waals surface area (Å²) in [5.41, 5.74) is 2.58. The Balaban J connectivity index is 1.85. The van der Waals surface area contributed by atoms with Crippen molar-refractivity contribution in [2.24, 2.45) is 10.2 Å². The number of carbonyl (C=O) groups excluding carboxylic acids is 2. The van der Waals surface area contributed by atoms with Gasteiger partial charge in [0.2, 0.25) is 6.04 Å². The number of para-hydroxylation sites is 1. The van der Waals surface area contributed by atoms with Gasteiger partial charge in [-0.3, -0.25) is 9.59 Å². The van der Waals surface area contributed by atoms with Crippen molar-refractivity contribution < 1.29 is 9.59 Å². The molecule has 1 atom stereocenters. The number of ketones is 1. The average Bonchev–Trinajstić information content (AvgIpc) is 2.75. The van der Waals surface area contributed by atoms with Gasteiger partial charge in [-0.05, 0) is 36.4 Å². The van der Waals surface area contributed by atoms with E-state index in [0.717, 1.165) is 5.69 Å². The number of carbonyl (C=O) groups is 2. The minimum absolute atomic E-state index is 0.405. The summed E-state index contributed by atoms with van der Waals surface area (Å²) in [7, 11) is 3.89. The molecule has 3 aromatic rings. The highest BCUT2D eigenvalue weighted by molar-refractivity contribution is 6.17. The lowest BCUT2D eigenvalue weighted by molar-refractivity contribution is -0.116. The van der Waals surface area contributed by atoms with Crippen LogP contribution in [-0.4, -0.2) is 31.8 Å². The summed E-state index contributed by atoms with van der Waals surface area (Å²) in [5.74, 6) is -0.939.